The standard InChI is InChI=1S/C23H22N4O4/c1-31-23(28)10-8-18-7-9-21(22(15-18)27(29)30)26(17-19-5-4-12-24-16-19)14-11-20-6-2-3-13-25-20/h2-10,12-13,15-16H,11,14,17H2,1H3/b10-8+. The van der Waals surface area contributed by atoms with Crippen LogP contribution in [0.3, 0.4) is 0 Å². The van der Waals surface area contributed by atoms with Crippen LogP contribution in [0.1, 0.15) is 16.8 Å². The second-order valence-electron chi connectivity index (χ2n) is 6.72. The number of nitrogens with zero attached hydrogens (tertiary/aromatic N) is 4. The van der Waals surface area contributed by atoms with Gasteiger partial charge in [0.25, 0.3) is 5.69 Å². The number of esters is 1. The van der Waals surface area contributed by atoms with Gasteiger partial charge in [-0.05, 0) is 41.5 Å². The molecular formula is C23H22N4O4. The third-order valence-electron chi connectivity index (χ3n) is 4.61. The van der Waals surface area contributed by atoms with Crippen molar-refractivity contribution < 1.29 is 14.5 Å². The molecule has 0 saturated heterocycles. The summed E-state index contributed by atoms with van der Waals surface area (Å²) in [5.74, 6) is -0.528. The van der Waals surface area contributed by atoms with Gasteiger partial charge in [0.1, 0.15) is 5.69 Å². The van der Waals surface area contributed by atoms with Crippen LogP contribution in [-0.4, -0.2) is 34.5 Å². The summed E-state index contributed by atoms with van der Waals surface area (Å²) < 4.78 is 4.57. The lowest BCUT2D eigenvalue weighted by Crippen LogP contribution is -2.26. The zero-order valence-corrected chi connectivity index (χ0v) is 17.0. The number of ether oxygens (including phenoxy) is 1. The van der Waals surface area contributed by atoms with Crippen molar-refractivity contribution in [1.82, 2.24) is 9.97 Å². The number of nitro benzene ring substituents is 1. The molecule has 8 heteroatoms. The third-order valence-corrected chi connectivity index (χ3v) is 4.61. The van der Waals surface area contributed by atoms with Gasteiger partial charge in [-0.3, -0.25) is 20.1 Å². The highest BCUT2D eigenvalue weighted by Crippen LogP contribution is 2.31. The summed E-state index contributed by atoms with van der Waals surface area (Å²) in [4.78, 5) is 33.2. The lowest BCUT2D eigenvalue weighted by atomic mass is 10.1. The average Bonchev–Trinajstić information content (AvgIpc) is 2.81. The molecule has 0 fully saturated rings. The molecule has 0 spiro atoms. The van der Waals surface area contributed by atoms with Gasteiger partial charge in [0, 0.05) is 55.9 Å². The van der Waals surface area contributed by atoms with E-state index in [1.165, 1.54) is 25.3 Å². The highest BCUT2D eigenvalue weighted by molar-refractivity contribution is 5.87. The summed E-state index contributed by atoms with van der Waals surface area (Å²) in [6.07, 6.45) is 8.50. The molecule has 0 saturated carbocycles. The Hall–Kier alpha value is -4.07. The number of carbonyl (C=O) groups is 1. The van der Waals surface area contributed by atoms with Crippen LogP contribution >= 0.6 is 0 Å². The Morgan fingerprint density at radius 1 is 1.19 bits per heavy atom. The largest absolute Gasteiger partial charge is 0.466 e. The van der Waals surface area contributed by atoms with E-state index in [0.717, 1.165) is 11.3 Å². The fourth-order valence-electron chi connectivity index (χ4n) is 3.08. The lowest BCUT2D eigenvalue weighted by molar-refractivity contribution is -0.384. The molecule has 0 unspecified atom stereocenters. The molecule has 0 N–H and O–H groups in total. The van der Waals surface area contributed by atoms with Crippen molar-refractivity contribution in [2.45, 2.75) is 13.0 Å². The number of pyridine rings is 2. The van der Waals surface area contributed by atoms with Crippen LogP contribution in [-0.2, 0) is 22.5 Å². The van der Waals surface area contributed by atoms with Crippen molar-refractivity contribution in [3.05, 3.63) is 100 Å². The highest BCUT2D eigenvalue weighted by atomic mass is 16.6. The van der Waals surface area contributed by atoms with E-state index in [1.807, 2.05) is 35.2 Å². The van der Waals surface area contributed by atoms with Crippen LogP contribution in [0.25, 0.3) is 6.08 Å². The topological polar surface area (TPSA) is 98.5 Å². The van der Waals surface area contributed by atoms with E-state index >= 15 is 0 Å². The van der Waals surface area contributed by atoms with Crippen LogP contribution < -0.4 is 4.90 Å². The SMILES string of the molecule is COC(=O)/C=C/c1ccc(N(CCc2ccccn2)Cc2cccnc2)c([N+](=O)[O-])c1. The first-order chi connectivity index (χ1) is 15.1. The molecule has 0 atom stereocenters. The summed E-state index contributed by atoms with van der Waals surface area (Å²) in [5, 5.41) is 11.8. The summed E-state index contributed by atoms with van der Waals surface area (Å²) in [6, 6.07) is 14.3. The average molecular weight is 418 g/mol. The fourth-order valence-corrected chi connectivity index (χ4v) is 3.08. The molecule has 0 radical (unpaired) electrons. The molecule has 0 bridgehead atoms. The predicted molar refractivity (Wildman–Crippen MR) is 117 cm³/mol. The van der Waals surface area contributed by atoms with Gasteiger partial charge in [0.05, 0.1) is 12.0 Å². The van der Waals surface area contributed by atoms with Crippen molar-refractivity contribution in [2.75, 3.05) is 18.6 Å². The van der Waals surface area contributed by atoms with Gasteiger partial charge in [-0.2, -0.15) is 0 Å². The van der Waals surface area contributed by atoms with Crippen molar-refractivity contribution in [3.63, 3.8) is 0 Å². The van der Waals surface area contributed by atoms with Gasteiger partial charge in [-0.25, -0.2) is 4.79 Å². The molecule has 3 aromatic rings. The molecule has 31 heavy (non-hydrogen) atoms. The number of hydrogen-bond acceptors (Lipinski definition) is 7. The minimum Gasteiger partial charge on any atom is -0.466 e. The minimum atomic E-state index is -0.528. The molecule has 158 valence electrons. The number of anilines is 1. The summed E-state index contributed by atoms with van der Waals surface area (Å²) in [6.45, 7) is 0.989. The van der Waals surface area contributed by atoms with E-state index in [1.54, 1.807) is 30.7 Å². The smallest absolute Gasteiger partial charge is 0.330 e. The normalized spacial score (nSPS) is 10.7. The maximum Gasteiger partial charge on any atom is 0.330 e. The minimum absolute atomic E-state index is 0.0445. The summed E-state index contributed by atoms with van der Waals surface area (Å²) in [5.41, 5.74) is 2.82. The third kappa shape index (κ3) is 6.20. The van der Waals surface area contributed by atoms with Gasteiger partial charge in [0.15, 0.2) is 0 Å². The number of hydrogen-bond donors (Lipinski definition) is 0. The molecule has 0 aliphatic rings. The van der Waals surface area contributed by atoms with Crippen molar-refractivity contribution in [3.8, 4) is 0 Å². The maximum absolute atomic E-state index is 11.8. The first kappa shape index (κ1) is 21.6. The van der Waals surface area contributed by atoms with Crippen LogP contribution in [0, 0.1) is 10.1 Å². The molecule has 0 amide bonds. The molecular weight excluding hydrogens is 396 g/mol. The van der Waals surface area contributed by atoms with E-state index < -0.39 is 10.9 Å². The molecule has 2 aromatic heterocycles. The van der Waals surface area contributed by atoms with Gasteiger partial charge < -0.3 is 9.64 Å². The zero-order valence-electron chi connectivity index (χ0n) is 17.0. The number of nitro groups is 1. The maximum atomic E-state index is 11.8. The Bertz CT molecular complexity index is 1060. The number of carbonyl (C=O) groups excluding carboxylic acids is 1. The molecule has 0 aliphatic heterocycles. The quantitative estimate of drug-likeness (QED) is 0.225. The fraction of sp³-hybridized carbons (Fsp3) is 0.174. The Morgan fingerprint density at radius 3 is 2.74 bits per heavy atom. The second kappa shape index (κ2) is 10.6. The Labute approximate surface area is 180 Å². The van der Waals surface area contributed by atoms with Crippen LogP contribution in [0.5, 0.6) is 0 Å². The number of aromatic nitrogens is 2. The monoisotopic (exact) mass is 418 g/mol. The van der Waals surface area contributed by atoms with Crippen LogP contribution in [0.2, 0.25) is 0 Å². The Morgan fingerprint density at radius 2 is 2.06 bits per heavy atom. The summed E-state index contributed by atoms with van der Waals surface area (Å²) >= 11 is 0. The van der Waals surface area contributed by atoms with E-state index in [9.17, 15) is 14.9 Å². The molecule has 2 heterocycles. The molecule has 1 aromatic carbocycles. The Balaban J connectivity index is 1.92. The van der Waals surface area contributed by atoms with E-state index in [-0.39, 0.29) is 5.69 Å². The van der Waals surface area contributed by atoms with E-state index in [0.29, 0.717) is 30.8 Å². The van der Waals surface area contributed by atoms with Crippen molar-refractivity contribution in [2.24, 2.45) is 0 Å². The highest BCUT2D eigenvalue weighted by Gasteiger charge is 2.20. The molecule has 0 aliphatic carbocycles. The van der Waals surface area contributed by atoms with Gasteiger partial charge in [-0.1, -0.05) is 18.2 Å². The lowest BCUT2D eigenvalue weighted by Gasteiger charge is -2.25. The molecule has 8 nitrogen and oxygen atoms in total. The second-order valence-corrected chi connectivity index (χ2v) is 6.72. The van der Waals surface area contributed by atoms with Crippen LogP contribution in [0.4, 0.5) is 11.4 Å². The van der Waals surface area contributed by atoms with Crippen molar-refractivity contribution in [1.29, 1.82) is 0 Å². The van der Waals surface area contributed by atoms with E-state index in [2.05, 4.69) is 14.7 Å². The zero-order chi connectivity index (χ0) is 22.1. The van der Waals surface area contributed by atoms with E-state index in [4.69, 9.17) is 0 Å². The van der Waals surface area contributed by atoms with Crippen LogP contribution in [0.15, 0.2) is 73.2 Å². The van der Waals surface area contributed by atoms with Gasteiger partial charge in [0.2, 0.25) is 0 Å². The van der Waals surface area contributed by atoms with Crippen molar-refractivity contribution >= 4 is 23.4 Å². The first-order valence-corrected chi connectivity index (χ1v) is 9.65. The first-order valence-electron chi connectivity index (χ1n) is 9.65. The Kier molecular flexibility index (Phi) is 7.42. The predicted octanol–water partition coefficient (Wildman–Crippen LogP) is 3.82. The number of rotatable bonds is 9. The number of methoxy groups -OCH3 is 1. The summed E-state index contributed by atoms with van der Waals surface area (Å²) in [7, 11) is 1.27. The number of benzene rings is 1. The van der Waals surface area contributed by atoms with Gasteiger partial charge in [-0.15, -0.1) is 0 Å². The molecule has 3 rings (SSSR count). The van der Waals surface area contributed by atoms with Gasteiger partial charge >= 0.3 is 5.97 Å².